The molecule has 18 heavy (non-hydrogen) atoms. The van der Waals surface area contributed by atoms with Gasteiger partial charge >= 0.3 is 0 Å². The molecule has 0 saturated carbocycles. The summed E-state index contributed by atoms with van der Waals surface area (Å²) in [6.45, 7) is 0.210. The van der Waals surface area contributed by atoms with E-state index in [2.05, 4.69) is 9.97 Å². The minimum absolute atomic E-state index is 0.210. The number of para-hydroxylation sites is 2. The summed E-state index contributed by atoms with van der Waals surface area (Å²) in [4.78, 5) is 7.01. The number of H-pyrrole nitrogens is 1. The van der Waals surface area contributed by atoms with Crippen molar-refractivity contribution < 1.29 is 9.84 Å². The van der Waals surface area contributed by atoms with Crippen molar-refractivity contribution in [3.63, 3.8) is 0 Å². The molecule has 0 aliphatic heterocycles. The van der Waals surface area contributed by atoms with Crippen LogP contribution in [0.5, 0.6) is 5.75 Å². The third-order valence-corrected chi connectivity index (χ3v) is 3.28. The van der Waals surface area contributed by atoms with Gasteiger partial charge in [0.25, 0.3) is 0 Å². The van der Waals surface area contributed by atoms with Gasteiger partial charge in [0, 0.05) is 18.1 Å². The molecule has 1 heterocycles. The molecule has 1 unspecified atom stereocenters. The van der Waals surface area contributed by atoms with E-state index in [9.17, 15) is 5.11 Å². The molecule has 0 fully saturated rings. The fraction of sp³-hybridized carbons (Fsp3) is 0.250. The first-order chi connectivity index (χ1) is 8.75. The smallest absolute Gasteiger partial charge is 0.165 e. The molecule has 0 amide bonds. The number of anilines is 1. The molecule has 1 aromatic carbocycles. The van der Waals surface area contributed by atoms with Gasteiger partial charge in [-0.1, -0.05) is 23.9 Å². The van der Waals surface area contributed by atoms with Gasteiger partial charge in [0.15, 0.2) is 5.16 Å². The quantitative estimate of drug-likeness (QED) is 0.545. The van der Waals surface area contributed by atoms with Crippen molar-refractivity contribution in [2.75, 3.05) is 18.1 Å². The normalized spacial score (nSPS) is 12.3. The van der Waals surface area contributed by atoms with Crippen LogP contribution in [0.2, 0.25) is 0 Å². The molecule has 6 heteroatoms. The van der Waals surface area contributed by atoms with Crippen LogP contribution < -0.4 is 10.5 Å². The Balaban J connectivity index is 1.75. The molecule has 0 bridgehead atoms. The number of aliphatic hydroxyl groups is 1. The third-order valence-electron chi connectivity index (χ3n) is 2.24. The molecule has 1 aromatic heterocycles. The molecule has 5 nitrogen and oxygen atoms in total. The average Bonchev–Trinajstić information content (AvgIpc) is 2.88. The highest BCUT2D eigenvalue weighted by Crippen LogP contribution is 2.20. The van der Waals surface area contributed by atoms with Crippen LogP contribution in [0.1, 0.15) is 0 Å². The van der Waals surface area contributed by atoms with E-state index in [4.69, 9.17) is 10.5 Å². The number of thioether (sulfide) groups is 1. The van der Waals surface area contributed by atoms with E-state index >= 15 is 0 Å². The Morgan fingerprint density at radius 1 is 1.44 bits per heavy atom. The van der Waals surface area contributed by atoms with Gasteiger partial charge in [-0.25, -0.2) is 4.98 Å². The monoisotopic (exact) mass is 265 g/mol. The molecule has 2 rings (SSSR count). The largest absolute Gasteiger partial charge is 0.489 e. The minimum Gasteiger partial charge on any atom is -0.489 e. The Kier molecular flexibility index (Phi) is 4.49. The zero-order valence-electron chi connectivity index (χ0n) is 9.74. The molecule has 0 radical (unpaired) electrons. The molecule has 0 saturated heterocycles. The number of nitrogens with one attached hydrogen (secondary N) is 1. The average molecular weight is 265 g/mol. The number of hydrogen-bond donors (Lipinski definition) is 3. The van der Waals surface area contributed by atoms with Crippen molar-refractivity contribution in [1.82, 2.24) is 9.97 Å². The summed E-state index contributed by atoms with van der Waals surface area (Å²) in [7, 11) is 0. The van der Waals surface area contributed by atoms with Crippen LogP contribution in [-0.2, 0) is 0 Å². The Hall–Kier alpha value is -1.66. The van der Waals surface area contributed by atoms with Gasteiger partial charge in [-0.05, 0) is 12.1 Å². The highest BCUT2D eigenvalue weighted by Gasteiger charge is 2.08. The van der Waals surface area contributed by atoms with Crippen LogP contribution in [0.4, 0.5) is 5.69 Å². The number of nitrogens with zero attached hydrogens (tertiary/aromatic N) is 1. The maximum atomic E-state index is 9.77. The van der Waals surface area contributed by atoms with Gasteiger partial charge in [-0.3, -0.25) is 0 Å². The van der Waals surface area contributed by atoms with Crippen molar-refractivity contribution >= 4 is 17.4 Å². The summed E-state index contributed by atoms with van der Waals surface area (Å²) in [5, 5.41) is 10.6. The summed E-state index contributed by atoms with van der Waals surface area (Å²) >= 11 is 1.45. The van der Waals surface area contributed by atoms with Crippen LogP contribution in [-0.4, -0.2) is 33.5 Å². The molecular formula is C12H15N3O2S. The van der Waals surface area contributed by atoms with Gasteiger partial charge in [0.1, 0.15) is 12.4 Å². The summed E-state index contributed by atoms with van der Waals surface area (Å²) in [6, 6.07) is 7.22. The van der Waals surface area contributed by atoms with Crippen molar-refractivity contribution in [3.8, 4) is 5.75 Å². The molecule has 96 valence electrons. The van der Waals surface area contributed by atoms with E-state index in [1.54, 1.807) is 24.5 Å². The topological polar surface area (TPSA) is 84.2 Å². The second-order valence-corrected chi connectivity index (χ2v) is 4.72. The predicted molar refractivity (Wildman–Crippen MR) is 71.7 cm³/mol. The summed E-state index contributed by atoms with van der Waals surface area (Å²) < 4.78 is 5.45. The maximum absolute atomic E-state index is 9.77. The summed E-state index contributed by atoms with van der Waals surface area (Å²) in [5.41, 5.74) is 6.30. The number of ether oxygens (including phenoxy) is 1. The van der Waals surface area contributed by atoms with Gasteiger partial charge in [-0.2, -0.15) is 0 Å². The standard InChI is InChI=1S/C12H15N3O2S/c13-10-3-1-2-4-11(10)17-7-9(16)8-18-12-14-5-6-15-12/h1-6,9,16H,7-8,13H2,(H,14,15). The molecule has 1 atom stereocenters. The Labute approximate surface area is 109 Å². The fourth-order valence-corrected chi connectivity index (χ4v) is 2.08. The minimum atomic E-state index is -0.570. The van der Waals surface area contributed by atoms with E-state index in [1.807, 2.05) is 12.1 Å². The van der Waals surface area contributed by atoms with E-state index in [-0.39, 0.29) is 6.61 Å². The zero-order valence-corrected chi connectivity index (χ0v) is 10.6. The highest BCUT2D eigenvalue weighted by molar-refractivity contribution is 7.99. The number of rotatable bonds is 6. The van der Waals surface area contributed by atoms with Gasteiger partial charge in [0.2, 0.25) is 0 Å². The molecule has 4 N–H and O–H groups in total. The number of aromatic nitrogens is 2. The van der Waals surface area contributed by atoms with Crippen LogP contribution >= 0.6 is 11.8 Å². The first-order valence-electron chi connectivity index (χ1n) is 5.53. The third kappa shape index (κ3) is 3.68. The van der Waals surface area contributed by atoms with E-state index in [0.717, 1.165) is 5.16 Å². The zero-order chi connectivity index (χ0) is 12.8. The molecular weight excluding hydrogens is 250 g/mol. The second kappa shape index (κ2) is 6.32. The first-order valence-corrected chi connectivity index (χ1v) is 6.52. The van der Waals surface area contributed by atoms with Crippen molar-refractivity contribution in [2.45, 2.75) is 11.3 Å². The SMILES string of the molecule is Nc1ccccc1OCC(O)CSc1ncc[nH]1. The molecule has 0 aliphatic carbocycles. The lowest BCUT2D eigenvalue weighted by molar-refractivity contribution is 0.127. The van der Waals surface area contributed by atoms with Gasteiger partial charge in [-0.15, -0.1) is 0 Å². The van der Waals surface area contributed by atoms with Crippen molar-refractivity contribution in [1.29, 1.82) is 0 Å². The summed E-state index contributed by atoms with van der Waals surface area (Å²) in [5.74, 6) is 1.11. The number of aliphatic hydroxyl groups excluding tert-OH is 1. The number of nitrogens with two attached hydrogens (primary N) is 1. The molecule has 2 aromatic rings. The van der Waals surface area contributed by atoms with Gasteiger partial charge < -0.3 is 20.6 Å². The van der Waals surface area contributed by atoms with Crippen LogP contribution in [0.3, 0.4) is 0 Å². The van der Waals surface area contributed by atoms with Gasteiger partial charge in [0.05, 0.1) is 11.8 Å². The van der Waals surface area contributed by atoms with Crippen LogP contribution in [0.15, 0.2) is 41.8 Å². The number of benzene rings is 1. The number of hydrogen-bond acceptors (Lipinski definition) is 5. The van der Waals surface area contributed by atoms with Crippen LogP contribution in [0.25, 0.3) is 0 Å². The highest BCUT2D eigenvalue weighted by atomic mass is 32.2. The predicted octanol–water partition coefficient (Wildman–Crippen LogP) is 1.52. The van der Waals surface area contributed by atoms with Crippen molar-refractivity contribution in [3.05, 3.63) is 36.7 Å². The van der Waals surface area contributed by atoms with Crippen LogP contribution in [0, 0.1) is 0 Å². The Morgan fingerprint density at radius 2 is 2.28 bits per heavy atom. The molecule has 0 aliphatic rings. The lowest BCUT2D eigenvalue weighted by atomic mass is 10.3. The Morgan fingerprint density at radius 3 is 3.00 bits per heavy atom. The lowest BCUT2D eigenvalue weighted by Crippen LogP contribution is -2.20. The molecule has 0 spiro atoms. The summed E-state index contributed by atoms with van der Waals surface area (Å²) in [6.07, 6.45) is 2.85. The number of aromatic amines is 1. The lowest BCUT2D eigenvalue weighted by Gasteiger charge is -2.12. The first kappa shape index (κ1) is 12.8. The number of nitrogen functional groups attached to an aromatic ring is 1. The van der Waals surface area contributed by atoms with E-state index in [1.165, 1.54) is 11.8 Å². The fourth-order valence-electron chi connectivity index (χ4n) is 1.35. The number of imidazole rings is 1. The van der Waals surface area contributed by atoms with E-state index in [0.29, 0.717) is 17.2 Å². The van der Waals surface area contributed by atoms with Crippen molar-refractivity contribution in [2.24, 2.45) is 0 Å². The van der Waals surface area contributed by atoms with E-state index < -0.39 is 6.10 Å². The second-order valence-electron chi connectivity index (χ2n) is 3.71. The maximum Gasteiger partial charge on any atom is 0.165 e. The Bertz CT molecular complexity index is 476.